The lowest BCUT2D eigenvalue weighted by Crippen LogP contribution is -2.74. The van der Waals surface area contributed by atoms with Crippen LogP contribution in [0.15, 0.2) is 23.8 Å². The lowest BCUT2D eigenvalue weighted by Gasteiger charge is -2.70. The number of fused-ring (bicyclic) bond motifs is 3. The average Bonchev–Trinajstić information content (AvgIpc) is 3.21. The summed E-state index contributed by atoms with van der Waals surface area (Å²) in [6.45, 7) is 12.7. The molecular formula is C27H36O8. The lowest BCUT2D eigenvalue weighted by molar-refractivity contribution is -0.294. The van der Waals surface area contributed by atoms with Gasteiger partial charge in [-0.2, -0.15) is 0 Å². The molecule has 0 aromatic heterocycles. The first-order valence-corrected chi connectivity index (χ1v) is 12.5. The molecule has 3 aliphatic heterocycles. The van der Waals surface area contributed by atoms with Crippen LogP contribution in [0.25, 0.3) is 0 Å². The zero-order valence-corrected chi connectivity index (χ0v) is 21.2. The SMILES string of the molecule is C=C1C2CCC3(C)C(C4=CCOC4O)OC(=O)CC13OC1CC(=O)C(C)(C)C(CC(=O)OC)C12C. The van der Waals surface area contributed by atoms with Crippen molar-refractivity contribution >= 4 is 17.7 Å². The molecule has 0 amide bonds. The van der Waals surface area contributed by atoms with Crippen LogP contribution in [-0.4, -0.2) is 60.6 Å². The normalized spacial score (nSPS) is 46.3. The standard InChI is InChI=1S/C27H36O8/c1-14-16-7-9-25(4)22(15-8-10-33-23(15)31)34-21(30)13-27(14,25)35-19-12-18(28)24(2,3)17(26(16,19)5)11-20(29)32-6/h8,16-17,19,22-23,31H,1,7,9-13H2,2-6H3. The van der Waals surface area contributed by atoms with E-state index in [1.165, 1.54) is 7.11 Å². The Bertz CT molecular complexity index is 1030. The molecule has 0 aromatic rings. The highest BCUT2D eigenvalue weighted by Crippen LogP contribution is 2.70. The third-order valence-electron chi connectivity index (χ3n) is 10.3. The van der Waals surface area contributed by atoms with Gasteiger partial charge in [-0.3, -0.25) is 14.4 Å². The van der Waals surface area contributed by atoms with E-state index in [9.17, 15) is 19.5 Å². The molecular weight excluding hydrogens is 452 g/mol. The summed E-state index contributed by atoms with van der Waals surface area (Å²) in [5, 5.41) is 10.5. The minimum Gasteiger partial charge on any atom is -0.469 e. The van der Waals surface area contributed by atoms with Crippen LogP contribution >= 0.6 is 0 Å². The summed E-state index contributed by atoms with van der Waals surface area (Å²) in [6, 6.07) is 0. The molecule has 8 nitrogen and oxygen atoms in total. The third kappa shape index (κ3) is 3.05. The summed E-state index contributed by atoms with van der Waals surface area (Å²) in [7, 11) is 1.36. The maximum absolute atomic E-state index is 13.4. The lowest BCUT2D eigenvalue weighted by atomic mass is 9.41. The number of carbonyl (C=O) groups excluding carboxylic acids is 3. The predicted octanol–water partition coefficient (Wildman–Crippen LogP) is 2.87. The number of methoxy groups -OCH3 is 1. The Labute approximate surface area is 206 Å². The second-order valence-electron chi connectivity index (χ2n) is 12.0. The molecule has 8 atom stereocenters. The van der Waals surface area contributed by atoms with E-state index in [2.05, 4.69) is 13.5 Å². The number of ketones is 1. The first-order valence-electron chi connectivity index (χ1n) is 12.5. The van der Waals surface area contributed by atoms with Crippen LogP contribution in [0.5, 0.6) is 0 Å². The monoisotopic (exact) mass is 488 g/mol. The van der Waals surface area contributed by atoms with Crippen LogP contribution in [-0.2, 0) is 33.3 Å². The molecule has 8 unspecified atom stereocenters. The summed E-state index contributed by atoms with van der Waals surface area (Å²) >= 11 is 0. The van der Waals surface area contributed by atoms with Gasteiger partial charge in [0.1, 0.15) is 17.5 Å². The molecule has 1 N–H and O–H groups in total. The van der Waals surface area contributed by atoms with Crippen molar-refractivity contribution in [3.63, 3.8) is 0 Å². The minimum absolute atomic E-state index is 0.00535. The van der Waals surface area contributed by atoms with Crippen molar-refractivity contribution < 1.29 is 38.4 Å². The Hall–Kier alpha value is -2.03. The highest BCUT2D eigenvalue weighted by Gasteiger charge is 2.73. The largest absolute Gasteiger partial charge is 0.469 e. The summed E-state index contributed by atoms with van der Waals surface area (Å²) in [5.41, 5.74) is -1.65. The maximum Gasteiger partial charge on any atom is 0.309 e. The molecule has 2 aliphatic carbocycles. The van der Waals surface area contributed by atoms with Crippen molar-refractivity contribution in [2.75, 3.05) is 13.7 Å². The van der Waals surface area contributed by atoms with Crippen LogP contribution in [0, 0.1) is 28.1 Å². The number of aliphatic hydroxyl groups is 1. The number of hydrogen-bond acceptors (Lipinski definition) is 8. The Morgan fingerprint density at radius 1 is 1.26 bits per heavy atom. The number of ether oxygens (including phenoxy) is 4. The van der Waals surface area contributed by atoms with Crippen molar-refractivity contribution in [2.45, 2.75) is 83.9 Å². The van der Waals surface area contributed by atoms with Crippen LogP contribution < -0.4 is 0 Å². The average molecular weight is 489 g/mol. The molecule has 5 rings (SSSR count). The van der Waals surface area contributed by atoms with Gasteiger partial charge in [0.05, 0.1) is 26.2 Å². The second kappa shape index (κ2) is 7.73. The summed E-state index contributed by atoms with van der Waals surface area (Å²) in [5.74, 6) is -1.10. The fraction of sp³-hybridized carbons (Fsp3) is 0.741. The zero-order chi connectivity index (χ0) is 25.6. The van der Waals surface area contributed by atoms with E-state index in [1.807, 2.05) is 20.8 Å². The first kappa shape index (κ1) is 24.7. The molecule has 35 heavy (non-hydrogen) atoms. The molecule has 1 spiro atoms. The van der Waals surface area contributed by atoms with Gasteiger partial charge in [0.25, 0.3) is 0 Å². The van der Waals surface area contributed by atoms with Crippen molar-refractivity contribution in [1.82, 2.24) is 0 Å². The van der Waals surface area contributed by atoms with Crippen LogP contribution in [0.2, 0.25) is 0 Å². The number of aliphatic hydroxyl groups excluding tert-OH is 1. The van der Waals surface area contributed by atoms with E-state index in [0.717, 1.165) is 12.0 Å². The number of cyclic esters (lactones) is 1. The predicted molar refractivity (Wildman–Crippen MR) is 124 cm³/mol. The minimum atomic E-state index is -1.14. The van der Waals surface area contributed by atoms with Gasteiger partial charge in [0, 0.05) is 34.7 Å². The molecule has 2 bridgehead atoms. The van der Waals surface area contributed by atoms with Gasteiger partial charge in [0.15, 0.2) is 6.29 Å². The molecule has 2 saturated heterocycles. The molecule has 192 valence electrons. The molecule has 0 aromatic carbocycles. The van der Waals surface area contributed by atoms with Crippen molar-refractivity contribution in [2.24, 2.45) is 28.1 Å². The summed E-state index contributed by atoms with van der Waals surface area (Å²) in [6.07, 6.45) is 1.16. The Balaban J connectivity index is 1.62. The zero-order valence-electron chi connectivity index (χ0n) is 21.2. The molecule has 2 saturated carbocycles. The number of esters is 2. The highest BCUT2D eigenvalue weighted by atomic mass is 16.6. The van der Waals surface area contributed by atoms with Gasteiger partial charge >= 0.3 is 11.9 Å². The number of rotatable bonds is 3. The van der Waals surface area contributed by atoms with Gasteiger partial charge in [-0.05, 0) is 30.3 Å². The van der Waals surface area contributed by atoms with Crippen LogP contribution in [0.1, 0.15) is 59.8 Å². The molecule has 4 fully saturated rings. The fourth-order valence-corrected chi connectivity index (χ4v) is 8.13. The van der Waals surface area contributed by atoms with E-state index < -0.39 is 46.3 Å². The quantitative estimate of drug-likeness (QED) is 0.477. The van der Waals surface area contributed by atoms with Gasteiger partial charge < -0.3 is 24.1 Å². The van der Waals surface area contributed by atoms with E-state index >= 15 is 0 Å². The molecule has 5 aliphatic rings. The Kier molecular flexibility index (Phi) is 5.45. The Morgan fingerprint density at radius 2 is 1.97 bits per heavy atom. The van der Waals surface area contributed by atoms with Gasteiger partial charge in [-0.25, -0.2) is 0 Å². The van der Waals surface area contributed by atoms with Gasteiger partial charge in [0.2, 0.25) is 0 Å². The Morgan fingerprint density at radius 3 is 2.60 bits per heavy atom. The van der Waals surface area contributed by atoms with E-state index in [1.54, 1.807) is 6.08 Å². The van der Waals surface area contributed by atoms with Gasteiger partial charge in [-0.1, -0.05) is 40.3 Å². The fourth-order valence-electron chi connectivity index (χ4n) is 8.13. The number of Topliss-reactive ketones (excluding diaryl/α,β-unsaturated/α-hetero) is 1. The summed E-state index contributed by atoms with van der Waals surface area (Å²) in [4.78, 5) is 38.9. The molecule has 8 heteroatoms. The van der Waals surface area contributed by atoms with E-state index in [0.29, 0.717) is 12.0 Å². The van der Waals surface area contributed by atoms with Crippen LogP contribution in [0.4, 0.5) is 0 Å². The van der Waals surface area contributed by atoms with Crippen molar-refractivity contribution in [3.8, 4) is 0 Å². The summed E-state index contributed by atoms with van der Waals surface area (Å²) < 4.78 is 23.2. The topological polar surface area (TPSA) is 108 Å². The number of carbonyl (C=O) groups is 3. The van der Waals surface area contributed by atoms with Crippen molar-refractivity contribution in [3.05, 3.63) is 23.8 Å². The van der Waals surface area contributed by atoms with E-state index in [4.69, 9.17) is 18.9 Å². The smallest absolute Gasteiger partial charge is 0.309 e. The second-order valence-corrected chi connectivity index (χ2v) is 12.0. The van der Waals surface area contributed by atoms with Crippen LogP contribution in [0.3, 0.4) is 0 Å². The van der Waals surface area contributed by atoms with E-state index in [-0.39, 0.29) is 49.5 Å². The third-order valence-corrected chi connectivity index (χ3v) is 10.3. The molecule has 3 heterocycles. The first-order chi connectivity index (χ1) is 16.3. The maximum atomic E-state index is 13.4. The van der Waals surface area contributed by atoms with Crippen molar-refractivity contribution in [1.29, 1.82) is 0 Å². The highest BCUT2D eigenvalue weighted by molar-refractivity contribution is 5.87. The number of hydrogen-bond donors (Lipinski definition) is 1. The molecule has 0 radical (unpaired) electrons. The van der Waals surface area contributed by atoms with Gasteiger partial charge in [-0.15, -0.1) is 0 Å².